The van der Waals surface area contributed by atoms with Gasteiger partial charge in [0.05, 0.1) is 6.54 Å². The van der Waals surface area contributed by atoms with E-state index in [1.54, 1.807) is 0 Å². The number of rotatable bonds is 5. The fourth-order valence-electron chi connectivity index (χ4n) is 2.87. The third-order valence-corrected chi connectivity index (χ3v) is 4.15. The first-order valence-corrected chi connectivity index (χ1v) is 7.94. The van der Waals surface area contributed by atoms with Crippen LogP contribution in [0.5, 0.6) is 5.75 Å². The predicted molar refractivity (Wildman–Crippen MR) is 85.9 cm³/mol. The van der Waals surface area contributed by atoms with E-state index in [0.717, 1.165) is 44.0 Å². The van der Waals surface area contributed by atoms with Gasteiger partial charge in [-0.3, -0.25) is 0 Å². The van der Waals surface area contributed by atoms with Crippen molar-refractivity contribution < 1.29 is 9.53 Å². The van der Waals surface area contributed by atoms with Crippen molar-refractivity contribution >= 4 is 6.03 Å². The lowest BCUT2D eigenvalue weighted by Crippen LogP contribution is -2.53. The highest BCUT2D eigenvalue weighted by atomic mass is 16.5. The molecule has 22 heavy (non-hydrogen) atoms. The highest BCUT2D eigenvalue weighted by Crippen LogP contribution is 2.25. The van der Waals surface area contributed by atoms with Crippen LogP contribution in [0.25, 0.3) is 0 Å². The Labute approximate surface area is 131 Å². The molecule has 2 aliphatic heterocycles. The number of allylic oxidation sites excluding steroid dienone is 1. The second-order valence-electron chi connectivity index (χ2n) is 5.84. The number of fused-ring (bicyclic) bond motifs is 1. The molecule has 2 N–H and O–H groups in total. The molecule has 1 saturated heterocycles. The Morgan fingerprint density at radius 2 is 2.27 bits per heavy atom. The van der Waals surface area contributed by atoms with E-state index in [2.05, 4.69) is 29.7 Å². The van der Waals surface area contributed by atoms with Crippen LogP contribution in [-0.4, -0.2) is 43.2 Å². The summed E-state index contributed by atoms with van der Waals surface area (Å²) in [5, 5.41) is 6.28. The van der Waals surface area contributed by atoms with Crippen LogP contribution in [0.4, 0.5) is 4.79 Å². The Hall–Kier alpha value is -2.01. The van der Waals surface area contributed by atoms with Crippen LogP contribution < -0.4 is 15.4 Å². The number of nitrogens with one attached hydrogen (secondary N) is 2. The monoisotopic (exact) mass is 301 g/mol. The normalized spacial score (nSPS) is 18.9. The van der Waals surface area contributed by atoms with Crippen LogP contribution in [-0.2, 0) is 6.42 Å². The largest absolute Gasteiger partial charge is 0.460 e. The summed E-state index contributed by atoms with van der Waals surface area (Å²) in [6.45, 7) is 5.14. The van der Waals surface area contributed by atoms with Gasteiger partial charge in [0.25, 0.3) is 0 Å². The van der Waals surface area contributed by atoms with E-state index in [-0.39, 0.29) is 12.1 Å². The minimum Gasteiger partial charge on any atom is -0.460 e. The van der Waals surface area contributed by atoms with Crippen molar-refractivity contribution in [1.82, 2.24) is 15.5 Å². The second-order valence-corrected chi connectivity index (χ2v) is 5.84. The van der Waals surface area contributed by atoms with Crippen LogP contribution in [0.2, 0.25) is 0 Å². The van der Waals surface area contributed by atoms with E-state index in [1.165, 1.54) is 5.56 Å². The Morgan fingerprint density at radius 3 is 3.14 bits per heavy atom. The van der Waals surface area contributed by atoms with Crippen molar-refractivity contribution in [3.05, 3.63) is 41.7 Å². The van der Waals surface area contributed by atoms with Gasteiger partial charge in [-0.15, -0.1) is 0 Å². The van der Waals surface area contributed by atoms with Crippen LogP contribution >= 0.6 is 0 Å². The molecule has 0 aliphatic carbocycles. The summed E-state index contributed by atoms with van der Waals surface area (Å²) in [5.74, 6) is 1.90. The van der Waals surface area contributed by atoms with Crippen LogP contribution in [0.15, 0.2) is 36.1 Å². The van der Waals surface area contributed by atoms with Crippen LogP contribution in [0.1, 0.15) is 18.9 Å². The van der Waals surface area contributed by atoms with E-state index in [4.69, 9.17) is 4.74 Å². The molecule has 118 valence electrons. The third-order valence-electron chi connectivity index (χ3n) is 4.15. The number of hydrogen-bond acceptors (Lipinski definition) is 3. The lowest BCUT2D eigenvalue weighted by Gasteiger charge is -2.33. The standard InChI is InChI=1S/C17H23N3O2/c1-13(20-10-4-9-19-17(20)21)11-18-12-15-8-7-14-5-2-3-6-16(14)22-15/h2-3,5-6,8,13,18H,4,7,9-12H2,1H3,(H,19,21). The van der Waals surface area contributed by atoms with Gasteiger partial charge in [0, 0.05) is 25.7 Å². The molecule has 1 aromatic rings. The first-order chi connectivity index (χ1) is 10.7. The maximum absolute atomic E-state index is 11.8. The molecular formula is C17H23N3O2. The van der Waals surface area contributed by atoms with E-state index < -0.39 is 0 Å². The summed E-state index contributed by atoms with van der Waals surface area (Å²) < 4.78 is 5.89. The van der Waals surface area contributed by atoms with Crippen molar-refractivity contribution in [3.8, 4) is 5.75 Å². The second kappa shape index (κ2) is 6.83. The Kier molecular flexibility index (Phi) is 4.63. The zero-order valence-electron chi connectivity index (χ0n) is 13.0. The first kappa shape index (κ1) is 14.9. The number of ether oxygens (including phenoxy) is 1. The fourth-order valence-corrected chi connectivity index (χ4v) is 2.87. The minimum atomic E-state index is 0.0441. The Morgan fingerprint density at radius 1 is 1.41 bits per heavy atom. The topological polar surface area (TPSA) is 53.6 Å². The van der Waals surface area contributed by atoms with Crippen molar-refractivity contribution in [1.29, 1.82) is 0 Å². The molecule has 2 amide bonds. The highest BCUT2D eigenvalue weighted by Gasteiger charge is 2.22. The van der Waals surface area contributed by atoms with Gasteiger partial charge in [-0.05, 0) is 37.5 Å². The molecule has 1 unspecified atom stereocenters. The van der Waals surface area contributed by atoms with E-state index >= 15 is 0 Å². The summed E-state index contributed by atoms with van der Waals surface area (Å²) in [6, 6.07) is 8.34. The van der Waals surface area contributed by atoms with Crippen molar-refractivity contribution in [3.63, 3.8) is 0 Å². The summed E-state index contributed by atoms with van der Waals surface area (Å²) >= 11 is 0. The molecule has 1 aromatic carbocycles. The number of para-hydroxylation sites is 1. The number of carbonyl (C=O) groups excluding carboxylic acids is 1. The Balaban J connectivity index is 1.46. The van der Waals surface area contributed by atoms with Crippen molar-refractivity contribution in [2.75, 3.05) is 26.2 Å². The van der Waals surface area contributed by atoms with Gasteiger partial charge >= 0.3 is 6.03 Å². The third kappa shape index (κ3) is 3.42. The fraction of sp³-hybridized carbons (Fsp3) is 0.471. The molecular weight excluding hydrogens is 278 g/mol. The lowest BCUT2D eigenvalue weighted by molar-refractivity contribution is 0.164. The lowest BCUT2D eigenvalue weighted by atomic mass is 10.1. The molecule has 3 rings (SSSR count). The summed E-state index contributed by atoms with van der Waals surface area (Å²) in [7, 11) is 0. The molecule has 0 saturated carbocycles. The number of carbonyl (C=O) groups is 1. The minimum absolute atomic E-state index is 0.0441. The summed E-state index contributed by atoms with van der Waals surface area (Å²) in [4.78, 5) is 13.7. The Bertz CT molecular complexity index is 571. The average molecular weight is 301 g/mol. The van der Waals surface area contributed by atoms with E-state index in [1.807, 2.05) is 23.1 Å². The van der Waals surface area contributed by atoms with Gasteiger partial charge in [0.15, 0.2) is 0 Å². The van der Waals surface area contributed by atoms with Crippen molar-refractivity contribution in [2.24, 2.45) is 0 Å². The van der Waals surface area contributed by atoms with Gasteiger partial charge in [0.1, 0.15) is 11.5 Å². The quantitative estimate of drug-likeness (QED) is 0.873. The van der Waals surface area contributed by atoms with E-state index in [9.17, 15) is 4.79 Å². The molecule has 2 aliphatic rings. The van der Waals surface area contributed by atoms with Gasteiger partial charge < -0.3 is 20.3 Å². The molecule has 1 fully saturated rings. The molecule has 0 spiro atoms. The number of nitrogens with zero attached hydrogens (tertiary/aromatic N) is 1. The molecule has 5 nitrogen and oxygen atoms in total. The number of hydrogen-bond donors (Lipinski definition) is 2. The molecule has 2 heterocycles. The molecule has 0 radical (unpaired) electrons. The predicted octanol–water partition coefficient (Wildman–Crippen LogP) is 1.90. The average Bonchev–Trinajstić information content (AvgIpc) is 2.55. The SMILES string of the molecule is CC(CNCC1=CCc2ccccc2O1)N1CCCNC1=O. The number of urea groups is 1. The maximum atomic E-state index is 11.8. The highest BCUT2D eigenvalue weighted by molar-refractivity contribution is 5.75. The first-order valence-electron chi connectivity index (χ1n) is 7.94. The van der Waals surface area contributed by atoms with Crippen LogP contribution in [0, 0.1) is 0 Å². The van der Waals surface area contributed by atoms with Crippen LogP contribution in [0.3, 0.4) is 0 Å². The molecule has 0 bridgehead atoms. The molecule has 5 heteroatoms. The molecule has 0 aromatic heterocycles. The van der Waals surface area contributed by atoms with Gasteiger partial charge in [-0.25, -0.2) is 4.79 Å². The summed E-state index contributed by atoms with van der Waals surface area (Å²) in [5.41, 5.74) is 1.23. The van der Waals surface area contributed by atoms with E-state index in [0.29, 0.717) is 6.54 Å². The maximum Gasteiger partial charge on any atom is 0.317 e. The summed E-state index contributed by atoms with van der Waals surface area (Å²) in [6.07, 6.45) is 4.05. The zero-order valence-corrected chi connectivity index (χ0v) is 13.0. The zero-order chi connectivity index (χ0) is 15.4. The van der Waals surface area contributed by atoms with Gasteiger partial charge in [0.2, 0.25) is 0 Å². The smallest absolute Gasteiger partial charge is 0.317 e. The van der Waals surface area contributed by atoms with Gasteiger partial charge in [-0.1, -0.05) is 18.2 Å². The molecule has 1 atom stereocenters. The van der Waals surface area contributed by atoms with Gasteiger partial charge in [-0.2, -0.15) is 0 Å². The number of amides is 2. The van der Waals surface area contributed by atoms with Crippen molar-refractivity contribution in [2.45, 2.75) is 25.8 Å². The number of benzene rings is 1.